The van der Waals surface area contributed by atoms with E-state index >= 15 is 0 Å². The Bertz CT molecular complexity index is 1500. The van der Waals surface area contributed by atoms with Crippen molar-refractivity contribution in [2.75, 3.05) is 13.7 Å². The summed E-state index contributed by atoms with van der Waals surface area (Å²) in [6.45, 7) is 4.36. The predicted molar refractivity (Wildman–Crippen MR) is 142 cm³/mol. The van der Waals surface area contributed by atoms with Crippen LogP contribution in [0.25, 0.3) is 11.3 Å². The SMILES string of the molecule is COc1cc(C(C(=O)N2C[C@H](O)C[C@H]2c2nccn2Cc2ccnc(-c3ccc(C(F)(F)F)cc3)c2)C(C)C)on1. The number of aliphatic hydroxyl groups is 1. The lowest BCUT2D eigenvalue weighted by atomic mass is 9.91. The van der Waals surface area contributed by atoms with Crippen molar-refractivity contribution < 1.29 is 32.3 Å². The molecular weight excluding hydrogens is 539 g/mol. The van der Waals surface area contributed by atoms with Crippen LogP contribution in [0.2, 0.25) is 0 Å². The number of imidazole rings is 1. The van der Waals surface area contributed by atoms with E-state index in [0.717, 1.165) is 17.7 Å². The van der Waals surface area contributed by atoms with Crippen LogP contribution < -0.4 is 4.74 Å². The smallest absolute Gasteiger partial charge is 0.416 e. The summed E-state index contributed by atoms with van der Waals surface area (Å²) in [4.78, 5) is 24.4. The van der Waals surface area contributed by atoms with Gasteiger partial charge in [-0.05, 0) is 40.9 Å². The average Bonchev–Trinajstić information content (AvgIpc) is 3.68. The lowest BCUT2D eigenvalue weighted by Crippen LogP contribution is -2.38. The van der Waals surface area contributed by atoms with Gasteiger partial charge in [-0.2, -0.15) is 13.2 Å². The van der Waals surface area contributed by atoms with E-state index in [0.29, 0.717) is 35.8 Å². The molecule has 1 aliphatic rings. The molecule has 0 spiro atoms. The number of carbonyl (C=O) groups is 1. The molecule has 0 bridgehead atoms. The van der Waals surface area contributed by atoms with Gasteiger partial charge in [0.2, 0.25) is 5.91 Å². The van der Waals surface area contributed by atoms with Crippen LogP contribution in [0, 0.1) is 5.92 Å². The Balaban J connectivity index is 1.39. The first-order chi connectivity index (χ1) is 19.5. The number of hydrogen-bond acceptors (Lipinski definition) is 7. The quantitative estimate of drug-likeness (QED) is 0.315. The van der Waals surface area contributed by atoms with Gasteiger partial charge in [-0.1, -0.05) is 26.0 Å². The lowest BCUT2D eigenvalue weighted by molar-refractivity contribution is -0.137. The summed E-state index contributed by atoms with van der Waals surface area (Å²) >= 11 is 0. The Morgan fingerprint density at radius 1 is 1.15 bits per heavy atom. The van der Waals surface area contributed by atoms with Gasteiger partial charge in [-0.3, -0.25) is 9.78 Å². The number of hydrogen-bond donors (Lipinski definition) is 1. The van der Waals surface area contributed by atoms with Crippen molar-refractivity contribution in [2.45, 2.75) is 51.1 Å². The second kappa shape index (κ2) is 11.4. The number of aliphatic hydroxyl groups excluding tert-OH is 1. The molecule has 0 radical (unpaired) electrons. The number of benzene rings is 1. The molecule has 0 aliphatic carbocycles. The number of ether oxygens (including phenoxy) is 1. The van der Waals surface area contributed by atoms with Gasteiger partial charge in [0.25, 0.3) is 5.88 Å². The fraction of sp³-hybridized carbons (Fsp3) is 0.379. The minimum absolute atomic E-state index is 0.112. The number of rotatable bonds is 8. The fourth-order valence-corrected chi connectivity index (χ4v) is 5.24. The zero-order valence-corrected chi connectivity index (χ0v) is 22.7. The molecule has 0 saturated carbocycles. The van der Waals surface area contributed by atoms with Crippen molar-refractivity contribution in [2.24, 2.45) is 5.92 Å². The summed E-state index contributed by atoms with van der Waals surface area (Å²) in [7, 11) is 1.47. The first kappa shape index (κ1) is 28.3. The second-order valence-electron chi connectivity index (χ2n) is 10.4. The van der Waals surface area contributed by atoms with E-state index in [1.807, 2.05) is 30.5 Å². The van der Waals surface area contributed by atoms with Crippen LogP contribution in [0.4, 0.5) is 13.2 Å². The van der Waals surface area contributed by atoms with Crippen molar-refractivity contribution in [3.8, 4) is 17.1 Å². The van der Waals surface area contributed by atoms with Crippen molar-refractivity contribution >= 4 is 5.91 Å². The molecule has 216 valence electrons. The van der Waals surface area contributed by atoms with Crippen LogP contribution in [0.3, 0.4) is 0 Å². The maximum Gasteiger partial charge on any atom is 0.416 e. The van der Waals surface area contributed by atoms with E-state index in [1.165, 1.54) is 19.2 Å². The van der Waals surface area contributed by atoms with Crippen molar-refractivity contribution in [3.63, 3.8) is 0 Å². The topological polar surface area (TPSA) is 107 Å². The van der Waals surface area contributed by atoms with E-state index in [1.54, 1.807) is 29.6 Å². The standard InChI is InChI=1S/C29H30F3N5O4/c1-17(2)26(24-14-25(40-3)35-41-24)28(39)37-16-21(38)13-23(37)27-34-10-11-36(27)15-18-8-9-33-22(12-18)19-4-6-20(7-5-19)29(30,31)32/h4-12,14,17,21,23,26,38H,13,15-16H2,1-3H3/t21-,23+,26?/m1/s1. The Morgan fingerprint density at radius 2 is 1.90 bits per heavy atom. The van der Waals surface area contributed by atoms with Gasteiger partial charge in [0.1, 0.15) is 11.7 Å². The van der Waals surface area contributed by atoms with E-state index in [-0.39, 0.29) is 24.2 Å². The summed E-state index contributed by atoms with van der Waals surface area (Å²) in [5.74, 6) is 0.328. The molecule has 12 heteroatoms. The summed E-state index contributed by atoms with van der Waals surface area (Å²) in [5.41, 5.74) is 1.22. The highest BCUT2D eigenvalue weighted by Gasteiger charge is 2.42. The van der Waals surface area contributed by atoms with Crippen molar-refractivity contribution in [3.05, 3.63) is 83.8 Å². The molecular formula is C29H30F3N5O4. The van der Waals surface area contributed by atoms with Crippen LogP contribution in [0.15, 0.2) is 65.6 Å². The molecule has 1 fully saturated rings. The number of pyridine rings is 1. The maximum absolute atomic E-state index is 13.9. The van der Waals surface area contributed by atoms with Gasteiger partial charge in [-0.15, -0.1) is 0 Å². The number of amides is 1. The van der Waals surface area contributed by atoms with Crippen molar-refractivity contribution in [1.82, 2.24) is 24.6 Å². The molecule has 3 aromatic heterocycles. The summed E-state index contributed by atoms with van der Waals surface area (Å²) in [6, 6.07) is 9.62. The lowest BCUT2D eigenvalue weighted by Gasteiger charge is -2.29. The van der Waals surface area contributed by atoms with Crippen LogP contribution in [-0.4, -0.2) is 55.4 Å². The Hall–Kier alpha value is -4.19. The summed E-state index contributed by atoms with van der Waals surface area (Å²) in [5, 5.41) is 14.4. The number of aromatic nitrogens is 4. The molecule has 41 heavy (non-hydrogen) atoms. The number of alkyl halides is 3. The van der Waals surface area contributed by atoms with Gasteiger partial charge in [-0.25, -0.2) is 4.98 Å². The van der Waals surface area contributed by atoms with Crippen LogP contribution in [-0.2, 0) is 17.5 Å². The van der Waals surface area contributed by atoms with Crippen molar-refractivity contribution in [1.29, 1.82) is 0 Å². The van der Waals surface area contributed by atoms with Crippen LogP contribution >= 0.6 is 0 Å². The largest absolute Gasteiger partial charge is 0.479 e. The maximum atomic E-state index is 13.9. The molecule has 1 amide bonds. The molecule has 4 aromatic rings. The van der Waals surface area contributed by atoms with Gasteiger partial charge < -0.3 is 23.8 Å². The number of methoxy groups -OCH3 is 1. The number of nitrogens with zero attached hydrogens (tertiary/aromatic N) is 5. The Labute approximate surface area is 234 Å². The number of halogens is 3. The van der Waals surface area contributed by atoms with E-state index in [2.05, 4.69) is 15.1 Å². The fourth-order valence-electron chi connectivity index (χ4n) is 5.24. The van der Waals surface area contributed by atoms with E-state index in [9.17, 15) is 23.1 Å². The highest BCUT2D eigenvalue weighted by Crippen LogP contribution is 2.37. The highest BCUT2D eigenvalue weighted by atomic mass is 19.4. The molecule has 9 nitrogen and oxygen atoms in total. The van der Waals surface area contributed by atoms with Gasteiger partial charge in [0, 0.05) is 49.7 Å². The minimum atomic E-state index is -4.41. The summed E-state index contributed by atoms with van der Waals surface area (Å²) < 4.78 is 51.4. The monoisotopic (exact) mass is 569 g/mol. The van der Waals surface area contributed by atoms with E-state index < -0.39 is 29.8 Å². The molecule has 1 saturated heterocycles. The molecule has 1 aromatic carbocycles. The first-order valence-corrected chi connectivity index (χ1v) is 13.2. The molecule has 3 atom stereocenters. The van der Waals surface area contributed by atoms with Crippen LogP contribution in [0.1, 0.15) is 54.9 Å². The molecule has 1 unspecified atom stereocenters. The molecule has 1 N–H and O–H groups in total. The predicted octanol–water partition coefficient (Wildman–Crippen LogP) is 5.08. The zero-order valence-electron chi connectivity index (χ0n) is 22.7. The Morgan fingerprint density at radius 3 is 2.56 bits per heavy atom. The third-order valence-electron chi connectivity index (χ3n) is 7.25. The molecule has 1 aliphatic heterocycles. The third kappa shape index (κ3) is 5.97. The molecule has 5 rings (SSSR count). The number of carbonyl (C=O) groups excluding carboxylic acids is 1. The Kier molecular flexibility index (Phi) is 7.85. The second-order valence-corrected chi connectivity index (χ2v) is 10.4. The van der Waals surface area contributed by atoms with Gasteiger partial charge in [0.05, 0.1) is 30.5 Å². The minimum Gasteiger partial charge on any atom is -0.479 e. The van der Waals surface area contributed by atoms with Gasteiger partial charge >= 0.3 is 6.18 Å². The van der Waals surface area contributed by atoms with Gasteiger partial charge in [0.15, 0.2) is 5.76 Å². The zero-order chi connectivity index (χ0) is 29.3. The number of β-amino-alcohol motifs (C(OH)–C–C–N with tert-alkyl or cyclic N) is 1. The summed E-state index contributed by atoms with van der Waals surface area (Å²) in [6.07, 6.45) is 0.224. The highest BCUT2D eigenvalue weighted by molar-refractivity contribution is 5.84. The van der Waals surface area contributed by atoms with Crippen LogP contribution in [0.5, 0.6) is 5.88 Å². The normalized spacial score (nSPS) is 18.2. The average molecular weight is 570 g/mol. The number of likely N-dealkylation sites (tertiary alicyclic amines) is 1. The molecule has 4 heterocycles. The van der Waals surface area contributed by atoms with E-state index in [4.69, 9.17) is 9.26 Å². The first-order valence-electron chi connectivity index (χ1n) is 13.2. The third-order valence-corrected chi connectivity index (χ3v) is 7.25.